The van der Waals surface area contributed by atoms with Crippen LogP contribution in [0.5, 0.6) is 0 Å². The van der Waals surface area contributed by atoms with Gasteiger partial charge in [0, 0.05) is 6.42 Å². The molecule has 1 aliphatic carbocycles. The molecule has 0 spiro atoms. The summed E-state index contributed by atoms with van der Waals surface area (Å²) in [5, 5.41) is 31.1. The predicted molar refractivity (Wildman–Crippen MR) is 119 cm³/mol. The van der Waals surface area contributed by atoms with Crippen LogP contribution < -0.4 is 0 Å². The number of carboxylic acids is 1. The average molecular weight is 420 g/mol. The highest BCUT2D eigenvalue weighted by Gasteiger charge is 2.28. The molecule has 0 radical (unpaired) electrons. The molecule has 1 aliphatic rings. The fourth-order valence-corrected chi connectivity index (χ4v) is 4.07. The lowest BCUT2D eigenvalue weighted by molar-refractivity contribution is -0.139. The van der Waals surface area contributed by atoms with Crippen molar-refractivity contribution in [2.24, 2.45) is 0 Å². The first-order chi connectivity index (χ1) is 14.9. The van der Waals surface area contributed by atoms with Gasteiger partial charge in [0.1, 0.15) is 5.82 Å². The Morgan fingerprint density at radius 3 is 2.48 bits per heavy atom. The van der Waals surface area contributed by atoms with Gasteiger partial charge < -0.3 is 15.3 Å². The molecular formula is C26H25FO4. The van der Waals surface area contributed by atoms with E-state index in [1.54, 1.807) is 18.2 Å². The molecule has 4 nitrogen and oxygen atoms in total. The Labute approximate surface area is 180 Å². The Balaban J connectivity index is 1.79. The molecule has 0 saturated heterocycles. The van der Waals surface area contributed by atoms with E-state index in [2.05, 4.69) is 12.1 Å². The van der Waals surface area contributed by atoms with Gasteiger partial charge in [-0.05, 0) is 63.9 Å². The van der Waals surface area contributed by atoms with Crippen LogP contribution in [0.25, 0.3) is 28.0 Å². The summed E-state index contributed by atoms with van der Waals surface area (Å²) in [5.74, 6) is -0.961. The van der Waals surface area contributed by atoms with Crippen molar-refractivity contribution in [3.63, 3.8) is 0 Å². The number of rotatable bonds is 8. The van der Waals surface area contributed by atoms with Crippen molar-refractivity contribution in [3.05, 3.63) is 77.6 Å². The molecule has 5 heteroatoms. The van der Waals surface area contributed by atoms with E-state index in [1.165, 1.54) is 17.7 Å². The van der Waals surface area contributed by atoms with E-state index in [-0.39, 0.29) is 12.2 Å². The number of aliphatic hydroxyl groups excluding tert-OH is 2. The number of aliphatic hydroxyl groups is 2. The molecule has 3 aromatic carbocycles. The quantitative estimate of drug-likeness (QED) is 0.473. The highest BCUT2D eigenvalue weighted by molar-refractivity contribution is 6.02. The largest absolute Gasteiger partial charge is 0.481 e. The van der Waals surface area contributed by atoms with Crippen molar-refractivity contribution >= 4 is 22.8 Å². The molecule has 0 amide bonds. The number of carboxylic acid groups (broad SMARTS) is 1. The molecule has 2 atom stereocenters. The molecule has 0 aromatic heterocycles. The van der Waals surface area contributed by atoms with Crippen LogP contribution in [0.4, 0.5) is 4.39 Å². The first kappa shape index (κ1) is 21.2. The Morgan fingerprint density at radius 2 is 1.81 bits per heavy atom. The Kier molecular flexibility index (Phi) is 6.16. The summed E-state index contributed by atoms with van der Waals surface area (Å²) in [5.41, 5.74) is 4.03. The summed E-state index contributed by atoms with van der Waals surface area (Å²) in [6.07, 6.45) is 3.10. The van der Waals surface area contributed by atoms with Gasteiger partial charge in [-0.2, -0.15) is 0 Å². The fraction of sp³-hybridized carbons (Fsp3) is 0.269. The van der Waals surface area contributed by atoms with E-state index >= 15 is 0 Å². The summed E-state index contributed by atoms with van der Waals surface area (Å²) in [6, 6.07) is 16.7. The van der Waals surface area contributed by atoms with Crippen molar-refractivity contribution in [1.82, 2.24) is 0 Å². The third-order valence-electron chi connectivity index (χ3n) is 5.68. The highest BCUT2D eigenvalue weighted by Crippen LogP contribution is 2.47. The lowest BCUT2D eigenvalue weighted by Gasteiger charge is -2.17. The lowest BCUT2D eigenvalue weighted by atomic mass is 9.87. The maximum absolute atomic E-state index is 13.6. The predicted octanol–water partition coefficient (Wildman–Crippen LogP) is 5.12. The van der Waals surface area contributed by atoms with Crippen LogP contribution in [-0.2, 0) is 4.79 Å². The van der Waals surface area contributed by atoms with E-state index in [1.807, 2.05) is 24.3 Å². The summed E-state index contributed by atoms with van der Waals surface area (Å²) < 4.78 is 13.6. The highest BCUT2D eigenvalue weighted by atomic mass is 19.1. The Bertz CT molecular complexity index is 1120. The van der Waals surface area contributed by atoms with Gasteiger partial charge in [-0.15, -0.1) is 0 Å². The number of carbonyl (C=O) groups is 1. The normalized spacial score (nSPS) is 16.0. The van der Waals surface area contributed by atoms with Crippen molar-refractivity contribution in [2.45, 2.75) is 43.8 Å². The van der Waals surface area contributed by atoms with Crippen LogP contribution in [0.15, 0.2) is 60.7 Å². The second-order valence-corrected chi connectivity index (χ2v) is 8.17. The third-order valence-corrected chi connectivity index (χ3v) is 5.68. The zero-order valence-corrected chi connectivity index (χ0v) is 17.0. The number of benzene rings is 3. The van der Waals surface area contributed by atoms with Gasteiger partial charge in [0.15, 0.2) is 0 Å². The fourth-order valence-electron chi connectivity index (χ4n) is 4.07. The number of aliphatic carboxylic acids is 1. The van der Waals surface area contributed by atoms with Crippen molar-refractivity contribution in [2.75, 3.05) is 0 Å². The second kappa shape index (κ2) is 9.00. The van der Waals surface area contributed by atoms with Crippen LogP contribution in [0.1, 0.15) is 42.7 Å². The van der Waals surface area contributed by atoms with Crippen LogP contribution in [0, 0.1) is 5.82 Å². The van der Waals surface area contributed by atoms with Gasteiger partial charge in [0.05, 0.1) is 18.6 Å². The zero-order valence-electron chi connectivity index (χ0n) is 17.0. The number of fused-ring (bicyclic) bond motifs is 1. The van der Waals surface area contributed by atoms with E-state index in [0.29, 0.717) is 5.92 Å². The minimum Gasteiger partial charge on any atom is -0.481 e. The number of hydrogen-bond acceptors (Lipinski definition) is 3. The van der Waals surface area contributed by atoms with E-state index in [4.69, 9.17) is 5.11 Å². The van der Waals surface area contributed by atoms with Crippen LogP contribution in [-0.4, -0.2) is 33.5 Å². The molecule has 31 heavy (non-hydrogen) atoms. The minimum atomic E-state index is -1.12. The Morgan fingerprint density at radius 1 is 1.10 bits per heavy atom. The molecule has 0 heterocycles. The van der Waals surface area contributed by atoms with Crippen molar-refractivity contribution in [3.8, 4) is 11.1 Å². The van der Waals surface area contributed by atoms with E-state index in [9.17, 15) is 19.4 Å². The molecule has 4 rings (SSSR count). The standard InChI is InChI=1S/C26H25FO4/c27-19-9-7-17(8-10-19)26-22-4-2-1-3-18(22)13-24(16-5-6-16)23(26)12-11-20(28)14-21(29)15-25(30)31/h1-4,7-13,16,20-21,28-29H,5-6,14-15H2,(H,30,31)/b12-11+/t20-,21-/m1/s1. The second-order valence-electron chi connectivity index (χ2n) is 8.17. The smallest absolute Gasteiger partial charge is 0.305 e. The van der Waals surface area contributed by atoms with E-state index < -0.39 is 24.6 Å². The van der Waals surface area contributed by atoms with Crippen molar-refractivity contribution in [1.29, 1.82) is 0 Å². The molecule has 3 aromatic rings. The van der Waals surface area contributed by atoms with E-state index in [0.717, 1.165) is 40.3 Å². The zero-order chi connectivity index (χ0) is 22.0. The molecule has 1 fully saturated rings. The summed E-state index contributed by atoms with van der Waals surface area (Å²) in [6.45, 7) is 0. The first-order valence-corrected chi connectivity index (χ1v) is 10.5. The van der Waals surface area contributed by atoms with Gasteiger partial charge in [-0.25, -0.2) is 4.39 Å². The van der Waals surface area contributed by atoms with Gasteiger partial charge in [0.2, 0.25) is 0 Å². The molecule has 0 bridgehead atoms. The molecule has 160 valence electrons. The molecule has 3 N–H and O–H groups in total. The monoisotopic (exact) mass is 420 g/mol. The molecular weight excluding hydrogens is 395 g/mol. The maximum Gasteiger partial charge on any atom is 0.305 e. The summed E-state index contributed by atoms with van der Waals surface area (Å²) >= 11 is 0. The number of halogens is 1. The average Bonchev–Trinajstić information content (AvgIpc) is 3.56. The summed E-state index contributed by atoms with van der Waals surface area (Å²) in [7, 11) is 0. The van der Waals surface area contributed by atoms with Crippen LogP contribution in [0.2, 0.25) is 0 Å². The van der Waals surface area contributed by atoms with Crippen LogP contribution >= 0.6 is 0 Å². The minimum absolute atomic E-state index is 0.0545. The third kappa shape index (κ3) is 5.01. The topological polar surface area (TPSA) is 77.8 Å². The molecule has 1 saturated carbocycles. The molecule has 0 unspecified atom stereocenters. The van der Waals surface area contributed by atoms with Gasteiger partial charge >= 0.3 is 5.97 Å². The van der Waals surface area contributed by atoms with Crippen molar-refractivity contribution < 1.29 is 24.5 Å². The van der Waals surface area contributed by atoms with Crippen LogP contribution in [0.3, 0.4) is 0 Å². The SMILES string of the molecule is O=C(O)C[C@H](O)C[C@H](O)/C=C/c1c(C2CC2)cc2ccccc2c1-c1ccc(F)cc1. The van der Waals surface area contributed by atoms with Gasteiger partial charge in [-0.1, -0.05) is 54.6 Å². The summed E-state index contributed by atoms with van der Waals surface area (Å²) in [4.78, 5) is 10.8. The maximum atomic E-state index is 13.6. The molecule has 0 aliphatic heterocycles. The number of hydrogen-bond donors (Lipinski definition) is 3. The lowest BCUT2D eigenvalue weighted by Crippen LogP contribution is -2.19. The Hall–Kier alpha value is -3.02. The van der Waals surface area contributed by atoms with Gasteiger partial charge in [0.25, 0.3) is 0 Å². The van der Waals surface area contributed by atoms with Gasteiger partial charge in [-0.3, -0.25) is 4.79 Å². The first-order valence-electron chi connectivity index (χ1n) is 10.5.